The van der Waals surface area contributed by atoms with Crippen LogP contribution in [-0.4, -0.2) is 37.7 Å². The Hall–Kier alpha value is -2.71. The molecule has 2 heterocycles. The average Bonchev–Trinajstić information content (AvgIpc) is 2.99. The van der Waals surface area contributed by atoms with E-state index >= 15 is 0 Å². The summed E-state index contributed by atoms with van der Waals surface area (Å²) in [5.41, 5.74) is 1.94. The Bertz CT molecular complexity index is 912. The summed E-state index contributed by atoms with van der Waals surface area (Å²) in [5, 5.41) is 24.4. The van der Waals surface area contributed by atoms with Crippen LogP contribution in [0.1, 0.15) is 11.4 Å². The van der Waals surface area contributed by atoms with Crippen molar-refractivity contribution >= 4 is 34.3 Å². The van der Waals surface area contributed by atoms with Gasteiger partial charge in [0.1, 0.15) is 11.6 Å². The number of oxime groups is 1. The fraction of sp³-hybridized carbons (Fsp3) is 0.133. The molecule has 0 amide bonds. The third-order valence-corrected chi connectivity index (χ3v) is 3.62. The predicted molar refractivity (Wildman–Crippen MR) is 88.0 cm³/mol. The largest absolute Gasteiger partial charge is 0.409 e. The van der Waals surface area contributed by atoms with Gasteiger partial charge in [-0.2, -0.15) is 0 Å². The average molecular weight is 350 g/mol. The van der Waals surface area contributed by atoms with Crippen LogP contribution in [0.25, 0.3) is 11.2 Å². The number of hydrogen-bond acceptors (Lipinski definition) is 5. The number of aromatic amines is 1. The van der Waals surface area contributed by atoms with Gasteiger partial charge in [-0.05, 0) is 24.3 Å². The molecule has 0 spiro atoms. The maximum Gasteiger partial charge on any atom is 0.179 e. The van der Waals surface area contributed by atoms with Crippen LogP contribution >= 0.6 is 11.6 Å². The van der Waals surface area contributed by atoms with Crippen molar-refractivity contribution in [1.82, 2.24) is 15.0 Å². The number of aliphatic hydroxyl groups excluding tert-OH is 1. The van der Waals surface area contributed by atoms with Crippen molar-refractivity contribution in [2.45, 2.75) is 6.42 Å². The highest BCUT2D eigenvalue weighted by molar-refractivity contribution is 6.31. The van der Waals surface area contributed by atoms with Gasteiger partial charge < -0.3 is 20.6 Å². The SMILES string of the molecule is OCCc1nc2nccc(/C(=N\O)Nc3ccc(F)c(Cl)c3)c2[nH]1. The normalized spacial score (nSPS) is 11.9. The fourth-order valence-corrected chi connectivity index (χ4v) is 2.42. The number of aliphatic hydroxyl groups is 1. The number of hydrogen-bond donors (Lipinski definition) is 4. The standard InChI is InChI=1S/C15H13ClFN5O2/c16-10-7-8(1-2-11(10)17)19-14(22-24)9-3-5-18-15-13(9)20-12(21-15)4-6-23/h1-3,5,7,23-24H,4,6H2,(H,19,22)(H,18,20,21). The lowest BCUT2D eigenvalue weighted by Crippen LogP contribution is -2.14. The summed E-state index contributed by atoms with van der Waals surface area (Å²) < 4.78 is 13.2. The lowest BCUT2D eigenvalue weighted by atomic mass is 10.2. The monoisotopic (exact) mass is 349 g/mol. The molecule has 0 saturated heterocycles. The van der Waals surface area contributed by atoms with Crippen LogP contribution in [0.15, 0.2) is 35.6 Å². The van der Waals surface area contributed by atoms with Gasteiger partial charge in [0.05, 0.1) is 17.1 Å². The first-order valence-electron chi connectivity index (χ1n) is 7.01. The second kappa shape index (κ2) is 6.81. The summed E-state index contributed by atoms with van der Waals surface area (Å²) >= 11 is 5.75. The number of imidazole rings is 1. The molecule has 0 saturated carbocycles. The summed E-state index contributed by atoms with van der Waals surface area (Å²) in [5.74, 6) is 0.136. The van der Waals surface area contributed by atoms with E-state index in [2.05, 4.69) is 25.4 Å². The molecule has 4 N–H and O–H groups in total. The summed E-state index contributed by atoms with van der Waals surface area (Å²) in [6.45, 7) is -0.0531. The number of nitrogens with one attached hydrogen (secondary N) is 2. The van der Waals surface area contributed by atoms with Crippen molar-refractivity contribution in [2.75, 3.05) is 11.9 Å². The third-order valence-electron chi connectivity index (χ3n) is 3.33. The predicted octanol–water partition coefficient (Wildman–Crippen LogP) is 2.53. The minimum absolute atomic E-state index is 0.0519. The van der Waals surface area contributed by atoms with Gasteiger partial charge in [0, 0.05) is 23.9 Å². The molecule has 0 unspecified atom stereocenters. The molecule has 0 bridgehead atoms. The molecule has 0 atom stereocenters. The first-order chi connectivity index (χ1) is 11.6. The van der Waals surface area contributed by atoms with Crippen LogP contribution in [0.5, 0.6) is 0 Å². The van der Waals surface area contributed by atoms with E-state index in [0.717, 1.165) is 0 Å². The number of anilines is 1. The highest BCUT2D eigenvalue weighted by Crippen LogP contribution is 2.21. The number of fused-ring (bicyclic) bond motifs is 1. The zero-order valence-corrected chi connectivity index (χ0v) is 13.0. The molecule has 9 heteroatoms. The molecule has 0 aliphatic heterocycles. The number of nitrogens with zero attached hydrogens (tertiary/aromatic N) is 3. The molecule has 0 radical (unpaired) electrons. The van der Waals surface area contributed by atoms with E-state index < -0.39 is 5.82 Å². The minimum Gasteiger partial charge on any atom is -0.409 e. The fourth-order valence-electron chi connectivity index (χ4n) is 2.24. The van der Waals surface area contributed by atoms with E-state index in [1.165, 1.54) is 24.4 Å². The van der Waals surface area contributed by atoms with Crippen LogP contribution in [0.2, 0.25) is 5.02 Å². The van der Waals surface area contributed by atoms with E-state index in [1.807, 2.05) is 0 Å². The van der Waals surface area contributed by atoms with E-state index in [9.17, 15) is 9.60 Å². The molecule has 7 nitrogen and oxygen atoms in total. The molecule has 2 aromatic heterocycles. The molecule has 3 rings (SSSR count). The molecule has 3 aromatic rings. The van der Waals surface area contributed by atoms with Crippen LogP contribution in [0.4, 0.5) is 10.1 Å². The van der Waals surface area contributed by atoms with Gasteiger partial charge in [-0.15, -0.1) is 0 Å². The minimum atomic E-state index is -0.543. The Morgan fingerprint density at radius 2 is 2.21 bits per heavy atom. The summed E-state index contributed by atoms with van der Waals surface area (Å²) in [7, 11) is 0. The zero-order valence-electron chi connectivity index (χ0n) is 12.3. The number of benzene rings is 1. The summed E-state index contributed by atoms with van der Waals surface area (Å²) in [4.78, 5) is 11.4. The maximum absolute atomic E-state index is 13.2. The Morgan fingerprint density at radius 3 is 2.92 bits per heavy atom. The number of rotatable bonds is 4. The summed E-state index contributed by atoms with van der Waals surface area (Å²) in [6.07, 6.45) is 1.87. The number of halogens is 2. The number of pyridine rings is 1. The van der Waals surface area contributed by atoms with E-state index in [0.29, 0.717) is 34.7 Å². The molecule has 0 aliphatic carbocycles. The topological polar surface area (TPSA) is 106 Å². The van der Waals surface area contributed by atoms with Gasteiger partial charge >= 0.3 is 0 Å². The lowest BCUT2D eigenvalue weighted by Gasteiger charge is -2.09. The Morgan fingerprint density at radius 1 is 1.38 bits per heavy atom. The second-order valence-corrected chi connectivity index (χ2v) is 5.32. The maximum atomic E-state index is 13.2. The Labute approximate surface area is 140 Å². The van der Waals surface area contributed by atoms with Crippen molar-refractivity contribution in [3.8, 4) is 0 Å². The van der Waals surface area contributed by atoms with Gasteiger partial charge in [0.15, 0.2) is 11.5 Å². The van der Waals surface area contributed by atoms with Gasteiger partial charge in [-0.25, -0.2) is 14.4 Å². The van der Waals surface area contributed by atoms with Crippen LogP contribution in [0.3, 0.4) is 0 Å². The molecular formula is C15H13ClFN5O2. The first-order valence-corrected chi connectivity index (χ1v) is 7.39. The van der Waals surface area contributed by atoms with E-state index in [-0.39, 0.29) is 17.5 Å². The van der Waals surface area contributed by atoms with Crippen molar-refractivity contribution in [3.63, 3.8) is 0 Å². The van der Waals surface area contributed by atoms with Crippen molar-refractivity contribution in [2.24, 2.45) is 5.16 Å². The Balaban J connectivity index is 1.98. The van der Waals surface area contributed by atoms with Crippen LogP contribution in [0, 0.1) is 5.82 Å². The lowest BCUT2D eigenvalue weighted by molar-refractivity contribution is 0.297. The Kier molecular flexibility index (Phi) is 4.59. The van der Waals surface area contributed by atoms with Gasteiger partial charge in [0.2, 0.25) is 0 Å². The molecular weight excluding hydrogens is 337 g/mol. The van der Waals surface area contributed by atoms with Gasteiger partial charge in [0.25, 0.3) is 0 Å². The smallest absolute Gasteiger partial charge is 0.179 e. The van der Waals surface area contributed by atoms with Crippen LogP contribution < -0.4 is 5.32 Å². The molecule has 0 fully saturated rings. The van der Waals surface area contributed by atoms with E-state index in [4.69, 9.17) is 16.7 Å². The molecule has 24 heavy (non-hydrogen) atoms. The zero-order chi connectivity index (χ0) is 17.1. The highest BCUT2D eigenvalue weighted by Gasteiger charge is 2.14. The van der Waals surface area contributed by atoms with Gasteiger partial charge in [-0.3, -0.25) is 0 Å². The molecule has 0 aliphatic rings. The van der Waals surface area contributed by atoms with Gasteiger partial charge in [-0.1, -0.05) is 16.8 Å². The van der Waals surface area contributed by atoms with Crippen LogP contribution in [-0.2, 0) is 6.42 Å². The number of H-pyrrole nitrogens is 1. The van der Waals surface area contributed by atoms with E-state index in [1.54, 1.807) is 6.07 Å². The molecule has 124 valence electrons. The summed E-state index contributed by atoms with van der Waals surface area (Å²) in [6, 6.07) is 5.69. The van der Waals surface area contributed by atoms with Crippen molar-refractivity contribution in [1.29, 1.82) is 0 Å². The second-order valence-electron chi connectivity index (χ2n) is 4.92. The van der Waals surface area contributed by atoms with Crippen molar-refractivity contribution < 1.29 is 14.7 Å². The van der Waals surface area contributed by atoms with Crippen molar-refractivity contribution in [3.05, 3.63) is 52.7 Å². The third kappa shape index (κ3) is 3.15. The number of aromatic nitrogens is 3. The first kappa shape index (κ1) is 16.2. The quantitative estimate of drug-likeness (QED) is 0.251. The molecule has 1 aromatic carbocycles. The number of amidine groups is 1. The highest BCUT2D eigenvalue weighted by atomic mass is 35.5.